The van der Waals surface area contributed by atoms with E-state index in [2.05, 4.69) is 67.7 Å². The number of ether oxygens (including phenoxy) is 2. The summed E-state index contributed by atoms with van der Waals surface area (Å²) in [5.41, 5.74) is 2.31. The summed E-state index contributed by atoms with van der Waals surface area (Å²) in [6.07, 6.45) is 0. The molecule has 1 aromatic heterocycles. The zero-order chi connectivity index (χ0) is 20.1. The predicted molar refractivity (Wildman–Crippen MR) is 126 cm³/mol. The van der Waals surface area contributed by atoms with Crippen molar-refractivity contribution in [2.45, 2.75) is 13.1 Å². The Labute approximate surface area is 192 Å². The van der Waals surface area contributed by atoms with E-state index in [1.165, 1.54) is 0 Å². The van der Waals surface area contributed by atoms with Gasteiger partial charge in [-0.05, 0) is 73.9 Å². The number of halogens is 3. The van der Waals surface area contributed by atoms with E-state index in [4.69, 9.17) is 26.1 Å². The van der Waals surface area contributed by atoms with Crippen LogP contribution in [0.25, 0.3) is 0 Å². The number of hydrogen-bond donors (Lipinski definition) is 0. The predicted octanol–water partition coefficient (Wildman–Crippen LogP) is 6.33. The number of aromatic nitrogens is 1. The molecule has 0 aliphatic heterocycles. The standard InChI is InChI=1S/C21H19BrClIN2O2/c1-27-16-7-3-14(4-8-16)12-26(13-15-5-9-17(28-2)10-6-15)19-11-18(23)20(24)21(22)25-19/h3-11H,12-13H2,1-2H3. The van der Waals surface area contributed by atoms with Crippen molar-refractivity contribution < 1.29 is 9.47 Å². The largest absolute Gasteiger partial charge is 0.497 e. The fourth-order valence-corrected chi connectivity index (χ4v) is 3.71. The Morgan fingerprint density at radius 1 is 0.929 bits per heavy atom. The lowest BCUT2D eigenvalue weighted by molar-refractivity contribution is 0.414. The van der Waals surface area contributed by atoms with Crippen LogP contribution in [0.1, 0.15) is 11.1 Å². The molecular weight excluding hydrogens is 555 g/mol. The summed E-state index contributed by atoms with van der Waals surface area (Å²) in [6, 6.07) is 18.0. The van der Waals surface area contributed by atoms with Gasteiger partial charge < -0.3 is 14.4 Å². The van der Waals surface area contributed by atoms with Gasteiger partial charge in [0.25, 0.3) is 0 Å². The van der Waals surface area contributed by atoms with Gasteiger partial charge >= 0.3 is 0 Å². The molecule has 0 spiro atoms. The molecule has 0 N–H and O–H groups in total. The van der Waals surface area contributed by atoms with Crippen molar-refractivity contribution in [3.05, 3.63) is 78.9 Å². The molecule has 0 fully saturated rings. The summed E-state index contributed by atoms with van der Waals surface area (Å²) < 4.78 is 12.2. The molecule has 3 aromatic rings. The lowest BCUT2D eigenvalue weighted by atomic mass is 10.1. The molecule has 7 heteroatoms. The van der Waals surface area contributed by atoms with Crippen molar-refractivity contribution in [2.75, 3.05) is 19.1 Å². The Morgan fingerprint density at radius 3 is 1.79 bits per heavy atom. The fraction of sp³-hybridized carbons (Fsp3) is 0.190. The number of methoxy groups -OCH3 is 2. The third-order valence-electron chi connectivity index (χ3n) is 4.25. The van der Waals surface area contributed by atoms with E-state index in [-0.39, 0.29) is 0 Å². The van der Waals surface area contributed by atoms with E-state index in [0.717, 1.165) is 36.6 Å². The highest BCUT2D eigenvalue weighted by Gasteiger charge is 2.15. The molecule has 28 heavy (non-hydrogen) atoms. The van der Waals surface area contributed by atoms with E-state index in [9.17, 15) is 0 Å². The molecule has 4 nitrogen and oxygen atoms in total. The lowest BCUT2D eigenvalue weighted by Gasteiger charge is -2.25. The van der Waals surface area contributed by atoms with Crippen LogP contribution in [-0.2, 0) is 13.1 Å². The van der Waals surface area contributed by atoms with Gasteiger partial charge in [0, 0.05) is 19.2 Å². The zero-order valence-electron chi connectivity index (χ0n) is 15.5. The number of rotatable bonds is 7. The number of pyridine rings is 1. The van der Waals surface area contributed by atoms with E-state index < -0.39 is 0 Å². The molecule has 3 rings (SSSR count). The maximum atomic E-state index is 6.41. The highest BCUT2D eigenvalue weighted by molar-refractivity contribution is 14.1. The van der Waals surface area contributed by atoms with Crippen molar-refractivity contribution in [1.29, 1.82) is 0 Å². The summed E-state index contributed by atoms with van der Waals surface area (Å²) in [7, 11) is 3.33. The quantitative estimate of drug-likeness (QED) is 0.245. The van der Waals surface area contributed by atoms with E-state index in [0.29, 0.717) is 18.1 Å². The van der Waals surface area contributed by atoms with Crippen LogP contribution in [0.4, 0.5) is 5.82 Å². The van der Waals surface area contributed by atoms with Gasteiger partial charge in [-0.3, -0.25) is 0 Å². The molecule has 1 heterocycles. The molecule has 146 valence electrons. The lowest BCUT2D eigenvalue weighted by Crippen LogP contribution is -2.23. The molecule has 0 amide bonds. The molecule has 0 atom stereocenters. The summed E-state index contributed by atoms with van der Waals surface area (Å²) in [5.74, 6) is 2.48. The Balaban J connectivity index is 1.92. The second-order valence-corrected chi connectivity index (χ2v) is 8.36. The monoisotopic (exact) mass is 572 g/mol. The molecule has 2 aromatic carbocycles. The minimum atomic E-state index is 0.673. The van der Waals surface area contributed by atoms with Crippen molar-refractivity contribution in [3.63, 3.8) is 0 Å². The van der Waals surface area contributed by atoms with Crippen LogP contribution in [0, 0.1) is 3.57 Å². The molecule has 0 aliphatic carbocycles. The highest BCUT2D eigenvalue weighted by Crippen LogP contribution is 2.30. The van der Waals surface area contributed by atoms with Gasteiger partial charge in [-0.25, -0.2) is 4.98 Å². The van der Waals surface area contributed by atoms with Gasteiger partial charge in [0.1, 0.15) is 21.9 Å². The molecule has 0 saturated heterocycles. The Kier molecular flexibility index (Phi) is 7.42. The van der Waals surface area contributed by atoms with Crippen molar-refractivity contribution in [3.8, 4) is 11.5 Å². The van der Waals surface area contributed by atoms with Crippen LogP contribution in [0.5, 0.6) is 11.5 Å². The van der Waals surface area contributed by atoms with E-state index in [1.54, 1.807) is 14.2 Å². The van der Waals surface area contributed by atoms with Gasteiger partial charge in [-0.1, -0.05) is 35.9 Å². The number of benzene rings is 2. The summed E-state index contributed by atoms with van der Waals surface area (Å²) in [6.45, 7) is 1.37. The second kappa shape index (κ2) is 9.80. The first kappa shape index (κ1) is 21.2. The Bertz CT molecular complexity index is 864. The van der Waals surface area contributed by atoms with Crippen LogP contribution >= 0.6 is 50.1 Å². The second-order valence-electron chi connectivity index (χ2n) is 6.12. The summed E-state index contributed by atoms with van der Waals surface area (Å²) in [4.78, 5) is 6.89. The van der Waals surface area contributed by atoms with Gasteiger partial charge in [0.15, 0.2) is 0 Å². The number of anilines is 1. The first-order chi connectivity index (χ1) is 13.5. The minimum absolute atomic E-state index is 0.673. The fourth-order valence-electron chi connectivity index (χ4n) is 2.74. The maximum Gasteiger partial charge on any atom is 0.132 e. The molecule has 0 radical (unpaired) electrons. The molecule has 0 bridgehead atoms. The zero-order valence-corrected chi connectivity index (χ0v) is 20.0. The third kappa shape index (κ3) is 5.30. The molecule has 0 saturated carbocycles. The van der Waals surface area contributed by atoms with Crippen LogP contribution < -0.4 is 14.4 Å². The minimum Gasteiger partial charge on any atom is -0.497 e. The third-order valence-corrected chi connectivity index (χ3v) is 7.27. The normalized spacial score (nSPS) is 10.6. The van der Waals surface area contributed by atoms with Crippen LogP contribution in [0.2, 0.25) is 5.02 Å². The molecular formula is C21H19BrClIN2O2. The number of hydrogen-bond acceptors (Lipinski definition) is 4. The first-order valence-corrected chi connectivity index (χ1v) is 10.8. The van der Waals surface area contributed by atoms with Crippen molar-refractivity contribution in [2.24, 2.45) is 0 Å². The van der Waals surface area contributed by atoms with E-state index >= 15 is 0 Å². The maximum absolute atomic E-state index is 6.41. The van der Waals surface area contributed by atoms with Gasteiger partial charge in [0.05, 0.1) is 22.8 Å². The Morgan fingerprint density at radius 2 is 1.39 bits per heavy atom. The smallest absolute Gasteiger partial charge is 0.132 e. The summed E-state index contributed by atoms with van der Waals surface area (Å²) in [5, 5.41) is 0.673. The van der Waals surface area contributed by atoms with Crippen molar-refractivity contribution in [1.82, 2.24) is 4.98 Å². The van der Waals surface area contributed by atoms with Gasteiger partial charge in [-0.2, -0.15) is 0 Å². The highest BCUT2D eigenvalue weighted by atomic mass is 127. The van der Waals surface area contributed by atoms with Gasteiger partial charge in [0.2, 0.25) is 0 Å². The SMILES string of the molecule is COc1ccc(CN(Cc2ccc(OC)cc2)c2cc(Cl)c(I)c(Br)n2)cc1. The number of nitrogens with zero attached hydrogens (tertiary/aromatic N) is 2. The molecule has 0 unspecified atom stereocenters. The van der Waals surface area contributed by atoms with Crippen LogP contribution in [0.15, 0.2) is 59.2 Å². The molecule has 0 aliphatic rings. The van der Waals surface area contributed by atoms with Crippen LogP contribution in [-0.4, -0.2) is 19.2 Å². The van der Waals surface area contributed by atoms with Gasteiger partial charge in [-0.15, -0.1) is 0 Å². The van der Waals surface area contributed by atoms with E-state index in [1.807, 2.05) is 30.3 Å². The first-order valence-electron chi connectivity index (χ1n) is 8.52. The van der Waals surface area contributed by atoms with Crippen molar-refractivity contribution >= 4 is 55.9 Å². The van der Waals surface area contributed by atoms with Crippen LogP contribution in [0.3, 0.4) is 0 Å². The summed E-state index contributed by atoms with van der Waals surface area (Å²) >= 11 is 12.1. The Hall–Kier alpha value is -1.51. The topological polar surface area (TPSA) is 34.6 Å². The average Bonchev–Trinajstić information content (AvgIpc) is 2.72. The average molecular weight is 574 g/mol.